The molecule has 1 aromatic carbocycles. The minimum Gasteiger partial charge on any atom is -0.441 e. The van der Waals surface area contributed by atoms with E-state index in [0.29, 0.717) is 6.04 Å². The zero-order valence-electron chi connectivity index (χ0n) is 10.2. The first-order chi connectivity index (χ1) is 8.31. The second-order valence-electron chi connectivity index (χ2n) is 4.91. The Morgan fingerprint density at radius 2 is 2.41 bits per heavy atom. The van der Waals surface area contributed by atoms with Crippen LogP contribution in [0.2, 0.25) is 0 Å². The van der Waals surface area contributed by atoms with Crippen molar-refractivity contribution >= 4 is 11.1 Å². The van der Waals surface area contributed by atoms with E-state index in [4.69, 9.17) is 4.42 Å². The summed E-state index contributed by atoms with van der Waals surface area (Å²) in [5.41, 5.74) is 3.12. The van der Waals surface area contributed by atoms with Crippen molar-refractivity contribution in [2.24, 2.45) is 0 Å². The van der Waals surface area contributed by atoms with Gasteiger partial charge in [0.15, 0.2) is 11.5 Å². The molecule has 90 valence electrons. The summed E-state index contributed by atoms with van der Waals surface area (Å²) >= 11 is 0. The van der Waals surface area contributed by atoms with Crippen LogP contribution < -0.4 is 5.32 Å². The summed E-state index contributed by atoms with van der Waals surface area (Å²) in [4.78, 5) is 4.54. The fourth-order valence-corrected chi connectivity index (χ4v) is 2.49. The van der Waals surface area contributed by atoms with Crippen LogP contribution in [-0.4, -0.2) is 17.6 Å². The quantitative estimate of drug-likeness (QED) is 0.881. The maximum atomic E-state index is 5.74. The number of aryl methyl sites for hydroxylation is 2. The first kappa shape index (κ1) is 10.8. The van der Waals surface area contributed by atoms with Crippen molar-refractivity contribution in [1.29, 1.82) is 0 Å². The standard InChI is InChI=1S/C14H18N2O/c1-10-4-6-13-12(9-10)16-14(17-13)7-5-11-3-2-8-15-11/h4,6,9,11,15H,2-3,5,7-8H2,1H3. The van der Waals surface area contributed by atoms with Crippen LogP contribution in [0.15, 0.2) is 22.6 Å². The minimum atomic E-state index is 0.659. The van der Waals surface area contributed by atoms with Crippen molar-refractivity contribution in [2.75, 3.05) is 6.54 Å². The molecule has 1 aromatic heterocycles. The first-order valence-corrected chi connectivity index (χ1v) is 6.41. The van der Waals surface area contributed by atoms with E-state index in [9.17, 15) is 0 Å². The van der Waals surface area contributed by atoms with Crippen LogP contribution >= 0.6 is 0 Å². The summed E-state index contributed by atoms with van der Waals surface area (Å²) in [5.74, 6) is 0.874. The average Bonchev–Trinajstić information content (AvgIpc) is 2.94. The summed E-state index contributed by atoms with van der Waals surface area (Å²) in [6, 6.07) is 6.81. The first-order valence-electron chi connectivity index (χ1n) is 6.41. The summed E-state index contributed by atoms with van der Waals surface area (Å²) < 4.78 is 5.74. The smallest absolute Gasteiger partial charge is 0.195 e. The van der Waals surface area contributed by atoms with E-state index < -0.39 is 0 Å². The molecular weight excluding hydrogens is 212 g/mol. The Morgan fingerprint density at radius 3 is 3.24 bits per heavy atom. The number of nitrogens with one attached hydrogen (secondary N) is 1. The van der Waals surface area contributed by atoms with E-state index in [1.165, 1.54) is 18.4 Å². The maximum absolute atomic E-state index is 5.74. The molecule has 0 radical (unpaired) electrons. The Morgan fingerprint density at radius 1 is 1.47 bits per heavy atom. The van der Waals surface area contributed by atoms with Crippen LogP contribution in [0.1, 0.15) is 30.7 Å². The number of aromatic nitrogens is 1. The van der Waals surface area contributed by atoms with E-state index >= 15 is 0 Å². The molecule has 17 heavy (non-hydrogen) atoms. The van der Waals surface area contributed by atoms with E-state index in [2.05, 4.69) is 29.4 Å². The summed E-state index contributed by atoms with van der Waals surface area (Å²) in [6.07, 6.45) is 4.66. The molecule has 2 aromatic rings. The van der Waals surface area contributed by atoms with Gasteiger partial charge in [0.2, 0.25) is 0 Å². The highest BCUT2D eigenvalue weighted by molar-refractivity contribution is 5.73. The molecule has 1 saturated heterocycles. The molecule has 1 aliphatic heterocycles. The molecule has 0 bridgehead atoms. The summed E-state index contributed by atoms with van der Waals surface area (Å²) in [7, 11) is 0. The van der Waals surface area contributed by atoms with Crippen LogP contribution in [0.3, 0.4) is 0 Å². The Balaban J connectivity index is 1.72. The molecule has 3 heteroatoms. The number of hydrogen-bond donors (Lipinski definition) is 1. The summed E-state index contributed by atoms with van der Waals surface area (Å²) in [5, 5.41) is 3.50. The topological polar surface area (TPSA) is 38.1 Å². The summed E-state index contributed by atoms with van der Waals surface area (Å²) in [6.45, 7) is 3.24. The SMILES string of the molecule is Cc1ccc2oc(CCC3CCCN3)nc2c1. The molecule has 2 heterocycles. The Hall–Kier alpha value is -1.35. The molecule has 0 spiro atoms. The Labute approximate surface area is 101 Å². The second kappa shape index (κ2) is 4.49. The second-order valence-corrected chi connectivity index (χ2v) is 4.91. The van der Waals surface area contributed by atoms with Gasteiger partial charge in [0, 0.05) is 12.5 Å². The Kier molecular flexibility index (Phi) is 2.85. The molecule has 3 nitrogen and oxygen atoms in total. The minimum absolute atomic E-state index is 0.659. The van der Waals surface area contributed by atoms with Gasteiger partial charge in [0.1, 0.15) is 5.52 Å². The van der Waals surface area contributed by atoms with Gasteiger partial charge in [-0.15, -0.1) is 0 Å². The molecule has 0 amide bonds. The molecule has 1 N–H and O–H groups in total. The van der Waals surface area contributed by atoms with Gasteiger partial charge in [-0.3, -0.25) is 0 Å². The highest BCUT2D eigenvalue weighted by atomic mass is 16.3. The molecule has 0 aliphatic carbocycles. The average molecular weight is 230 g/mol. The lowest BCUT2D eigenvalue weighted by molar-refractivity contribution is 0.481. The van der Waals surface area contributed by atoms with Gasteiger partial charge < -0.3 is 9.73 Å². The van der Waals surface area contributed by atoms with E-state index in [1.807, 2.05) is 6.07 Å². The lowest BCUT2D eigenvalue weighted by Crippen LogP contribution is -2.21. The van der Waals surface area contributed by atoms with Gasteiger partial charge in [-0.25, -0.2) is 4.98 Å². The van der Waals surface area contributed by atoms with E-state index in [1.54, 1.807) is 0 Å². The molecule has 1 aliphatic rings. The fraction of sp³-hybridized carbons (Fsp3) is 0.500. The van der Waals surface area contributed by atoms with Gasteiger partial charge in [-0.05, 0) is 50.4 Å². The largest absolute Gasteiger partial charge is 0.441 e. The zero-order valence-corrected chi connectivity index (χ0v) is 10.2. The number of oxazole rings is 1. The Bertz CT molecular complexity index is 512. The third-order valence-electron chi connectivity index (χ3n) is 3.46. The van der Waals surface area contributed by atoms with Crippen LogP contribution in [0.5, 0.6) is 0 Å². The van der Waals surface area contributed by atoms with Crippen molar-refractivity contribution in [3.63, 3.8) is 0 Å². The van der Waals surface area contributed by atoms with Gasteiger partial charge in [-0.1, -0.05) is 6.07 Å². The normalized spacial score (nSPS) is 20.2. The van der Waals surface area contributed by atoms with Crippen molar-refractivity contribution < 1.29 is 4.42 Å². The third-order valence-corrected chi connectivity index (χ3v) is 3.46. The van der Waals surface area contributed by atoms with Crippen molar-refractivity contribution in [3.05, 3.63) is 29.7 Å². The maximum Gasteiger partial charge on any atom is 0.195 e. The molecule has 3 rings (SSSR count). The number of nitrogens with zero attached hydrogens (tertiary/aromatic N) is 1. The lowest BCUT2D eigenvalue weighted by atomic mass is 10.1. The molecule has 1 unspecified atom stereocenters. The van der Waals surface area contributed by atoms with E-state index in [0.717, 1.165) is 36.4 Å². The highest BCUT2D eigenvalue weighted by Gasteiger charge is 2.15. The fourth-order valence-electron chi connectivity index (χ4n) is 2.49. The van der Waals surface area contributed by atoms with Crippen LogP contribution in [-0.2, 0) is 6.42 Å². The predicted octanol–water partition coefficient (Wildman–Crippen LogP) is 2.82. The third kappa shape index (κ3) is 2.34. The molecule has 0 saturated carbocycles. The lowest BCUT2D eigenvalue weighted by Gasteiger charge is -2.06. The van der Waals surface area contributed by atoms with Crippen LogP contribution in [0.4, 0.5) is 0 Å². The van der Waals surface area contributed by atoms with Gasteiger partial charge >= 0.3 is 0 Å². The molecular formula is C14H18N2O. The van der Waals surface area contributed by atoms with Crippen molar-refractivity contribution in [3.8, 4) is 0 Å². The zero-order chi connectivity index (χ0) is 11.7. The number of fused-ring (bicyclic) bond motifs is 1. The van der Waals surface area contributed by atoms with Gasteiger partial charge in [0.25, 0.3) is 0 Å². The van der Waals surface area contributed by atoms with Crippen LogP contribution in [0, 0.1) is 6.92 Å². The van der Waals surface area contributed by atoms with Crippen molar-refractivity contribution in [2.45, 2.75) is 38.6 Å². The monoisotopic (exact) mass is 230 g/mol. The predicted molar refractivity (Wildman–Crippen MR) is 68.1 cm³/mol. The highest BCUT2D eigenvalue weighted by Crippen LogP contribution is 2.19. The van der Waals surface area contributed by atoms with Crippen molar-refractivity contribution in [1.82, 2.24) is 10.3 Å². The molecule has 1 atom stereocenters. The molecule has 1 fully saturated rings. The number of rotatable bonds is 3. The number of benzene rings is 1. The van der Waals surface area contributed by atoms with E-state index in [-0.39, 0.29) is 0 Å². The number of hydrogen-bond acceptors (Lipinski definition) is 3. The van der Waals surface area contributed by atoms with Gasteiger partial charge in [-0.2, -0.15) is 0 Å². The van der Waals surface area contributed by atoms with Gasteiger partial charge in [0.05, 0.1) is 0 Å². The van der Waals surface area contributed by atoms with Crippen LogP contribution in [0.25, 0.3) is 11.1 Å².